The molecule has 0 spiro atoms. The van der Waals surface area contributed by atoms with Gasteiger partial charge in [0.2, 0.25) is 0 Å². The van der Waals surface area contributed by atoms with Gasteiger partial charge in [-0.25, -0.2) is 0 Å². The minimum atomic E-state index is 0.0841. The second-order valence-corrected chi connectivity index (χ2v) is 4.65. The fraction of sp³-hybridized carbons (Fsp3) is 0.846. The quantitative estimate of drug-likeness (QED) is 0.686. The molecule has 0 heterocycles. The molecule has 2 nitrogen and oxygen atoms in total. The highest BCUT2D eigenvalue weighted by molar-refractivity contribution is 5.09. The molecule has 0 bridgehead atoms. The molecule has 0 radical (unpaired) electrons. The first kappa shape index (κ1) is 14.7. The molecule has 90 valence electrons. The number of likely N-dealkylation sites (N-methyl/N-ethyl adjacent to an activating group) is 1. The SMILES string of the molecule is CCN(CC)C(C)(CC)C(N)C=C(C)C. The van der Waals surface area contributed by atoms with Crippen LogP contribution in [0.5, 0.6) is 0 Å². The van der Waals surface area contributed by atoms with E-state index in [2.05, 4.69) is 52.5 Å². The third-order valence-electron chi connectivity index (χ3n) is 3.43. The maximum atomic E-state index is 6.30. The van der Waals surface area contributed by atoms with Gasteiger partial charge in [-0.05, 0) is 40.3 Å². The first-order chi connectivity index (χ1) is 6.92. The minimum absolute atomic E-state index is 0.0841. The highest BCUT2D eigenvalue weighted by atomic mass is 15.2. The predicted molar refractivity (Wildman–Crippen MR) is 69.0 cm³/mol. The highest BCUT2D eigenvalue weighted by Gasteiger charge is 2.33. The third-order valence-corrected chi connectivity index (χ3v) is 3.43. The van der Waals surface area contributed by atoms with Crippen LogP contribution in [0, 0.1) is 0 Å². The molecular formula is C13H28N2. The molecule has 2 atom stereocenters. The molecule has 0 saturated heterocycles. The number of nitrogens with two attached hydrogens (primary N) is 1. The molecule has 0 aromatic carbocycles. The Hall–Kier alpha value is -0.340. The Morgan fingerprint density at radius 2 is 1.73 bits per heavy atom. The fourth-order valence-corrected chi connectivity index (χ4v) is 2.15. The predicted octanol–water partition coefficient (Wildman–Crippen LogP) is 2.79. The lowest BCUT2D eigenvalue weighted by molar-refractivity contribution is 0.0987. The van der Waals surface area contributed by atoms with Crippen LogP contribution in [0.15, 0.2) is 11.6 Å². The van der Waals surface area contributed by atoms with Crippen molar-refractivity contribution in [3.63, 3.8) is 0 Å². The molecule has 0 aromatic rings. The Morgan fingerprint density at radius 1 is 1.27 bits per heavy atom. The molecular weight excluding hydrogens is 184 g/mol. The summed E-state index contributed by atoms with van der Waals surface area (Å²) in [6.07, 6.45) is 3.27. The van der Waals surface area contributed by atoms with Gasteiger partial charge in [0.15, 0.2) is 0 Å². The van der Waals surface area contributed by atoms with Crippen LogP contribution in [0.2, 0.25) is 0 Å². The molecule has 0 aliphatic carbocycles. The van der Waals surface area contributed by atoms with E-state index in [-0.39, 0.29) is 11.6 Å². The highest BCUT2D eigenvalue weighted by Crippen LogP contribution is 2.23. The molecule has 15 heavy (non-hydrogen) atoms. The smallest absolute Gasteiger partial charge is 0.0411 e. The first-order valence-electron chi connectivity index (χ1n) is 6.07. The number of nitrogens with zero attached hydrogens (tertiary/aromatic N) is 1. The van der Waals surface area contributed by atoms with Crippen LogP contribution in [0.25, 0.3) is 0 Å². The van der Waals surface area contributed by atoms with Crippen molar-refractivity contribution in [3.05, 3.63) is 11.6 Å². The number of rotatable bonds is 6. The normalized spacial score (nSPS) is 17.3. The van der Waals surface area contributed by atoms with E-state index in [1.807, 2.05) is 0 Å². The van der Waals surface area contributed by atoms with E-state index in [0.717, 1.165) is 19.5 Å². The summed E-state index contributed by atoms with van der Waals surface area (Å²) in [4.78, 5) is 2.46. The summed E-state index contributed by atoms with van der Waals surface area (Å²) < 4.78 is 0. The van der Waals surface area contributed by atoms with Crippen molar-refractivity contribution >= 4 is 0 Å². The summed E-state index contributed by atoms with van der Waals surface area (Å²) in [6, 6.07) is 0.118. The maximum absolute atomic E-state index is 6.30. The standard InChI is InChI=1S/C13H28N2/c1-7-13(6,15(8-2)9-3)12(14)10-11(4)5/h10,12H,7-9,14H2,1-6H3. The molecule has 0 amide bonds. The van der Waals surface area contributed by atoms with Crippen molar-refractivity contribution in [2.75, 3.05) is 13.1 Å². The van der Waals surface area contributed by atoms with E-state index in [0.29, 0.717) is 0 Å². The average molecular weight is 212 g/mol. The largest absolute Gasteiger partial charge is 0.323 e. The Kier molecular flexibility index (Phi) is 6.15. The van der Waals surface area contributed by atoms with Crippen molar-refractivity contribution in [2.24, 2.45) is 5.73 Å². The van der Waals surface area contributed by atoms with Crippen LogP contribution in [0.3, 0.4) is 0 Å². The zero-order valence-corrected chi connectivity index (χ0v) is 11.3. The second kappa shape index (κ2) is 6.29. The maximum Gasteiger partial charge on any atom is 0.0411 e. The zero-order valence-electron chi connectivity index (χ0n) is 11.3. The van der Waals surface area contributed by atoms with Crippen LogP contribution in [0.4, 0.5) is 0 Å². The van der Waals surface area contributed by atoms with Crippen molar-refractivity contribution < 1.29 is 0 Å². The molecule has 0 saturated carbocycles. The van der Waals surface area contributed by atoms with Gasteiger partial charge in [0.1, 0.15) is 0 Å². The summed E-state index contributed by atoms with van der Waals surface area (Å²) in [6.45, 7) is 15.2. The van der Waals surface area contributed by atoms with E-state index < -0.39 is 0 Å². The summed E-state index contributed by atoms with van der Waals surface area (Å²) in [5.41, 5.74) is 7.68. The monoisotopic (exact) mass is 212 g/mol. The molecule has 0 aliphatic heterocycles. The van der Waals surface area contributed by atoms with Gasteiger partial charge in [0.05, 0.1) is 0 Å². The third kappa shape index (κ3) is 3.62. The molecule has 0 aromatic heterocycles. The molecule has 2 unspecified atom stereocenters. The van der Waals surface area contributed by atoms with Crippen LogP contribution < -0.4 is 5.73 Å². The van der Waals surface area contributed by atoms with Gasteiger partial charge in [-0.15, -0.1) is 0 Å². The van der Waals surface area contributed by atoms with Gasteiger partial charge in [-0.2, -0.15) is 0 Å². The summed E-state index contributed by atoms with van der Waals surface area (Å²) >= 11 is 0. The Bertz CT molecular complexity index is 203. The van der Waals surface area contributed by atoms with Crippen LogP contribution in [0.1, 0.15) is 48.0 Å². The molecule has 0 aliphatic rings. The van der Waals surface area contributed by atoms with Crippen molar-refractivity contribution in [2.45, 2.75) is 59.5 Å². The lowest BCUT2D eigenvalue weighted by atomic mass is 9.86. The van der Waals surface area contributed by atoms with Crippen molar-refractivity contribution in [3.8, 4) is 0 Å². The average Bonchev–Trinajstić information content (AvgIpc) is 2.18. The van der Waals surface area contributed by atoms with E-state index >= 15 is 0 Å². The van der Waals surface area contributed by atoms with Crippen molar-refractivity contribution in [1.82, 2.24) is 4.90 Å². The van der Waals surface area contributed by atoms with E-state index in [4.69, 9.17) is 5.73 Å². The zero-order chi connectivity index (χ0) is 12.1. The van der Waals surface area contributed by atoms with E-state index in [1.165, 1.54) is 5.57 Å². The van der Waals surface area contributed by atoms with Gasteiger partial charge in [-0.1, -0.05) is 32.4 Å². The number of hydrogen-bond donors (Lipinski definition) is 1. The van der Waals surface area contributed by atoms with Crippen LogP contribution in [-0.4, -0.2) is 29.6 Å². The van der Waals surface area contributed by atoms with Crippen LogP contribution in [-0.2, 0) is 0 Å². The first-order valence-corrected chi connectivity index (χ1v) is 6.07. The Labute approximate surface area is 95.5 Å². The summed E-state index contributed by atoms with van der Waals surface area (Å²) in [7, 11) is 0. The van der Waals surface area contributed by atoms with Gasteiger partial charge >= 0.3 is 0 Å². The summed E-state index contributed by atoms with van der Waals surface area (Å²) in [5, 5.41) is 0. The topological polar surface area (TPSA) is 29.3 Å². The Balaban J connectivity index is 4.89. The van der Waals surface area contributed by atoms with Gasteiger partial charge < -0.3 is 5.73 Å². The lowest BCUT2D eigenvalue weighted by Crippen LogP contribution is -2.57. The molecule has 0 rings (SSSR count). The van der Waals surface area contributed by atoms with Gasteiger partial charge in [0, 0.05) is 11.6 Å². The number of allylic oxidation sites excluding steroid dienone is 1. The van der Waals surface area contributed by atoms with Gasteiger partial charge in [-0.3, -0.25) is 4.90 Å². The second-order valence-electron chi connectivity index (χ2n) is 4.65. The minimum Gasteiger partial charge on any atom is -0.323 e. The van der Waals surface area contributed by atoms with Gasteiger partial charge in [0.25, 0.3) is 0 Å². The lowest BCUT2D eigenvalue weighted by Gasteiger charge is -2.43. The molecule has 2 N–H and O–H groups in total. The summed E-state index contributed by atoms with van der Waals surface area (Å²) in [5.74, 6) is 0. The molecule has 0 fully saturated rings. The van der Waals surface area contributed by atoms with Crippen molar-refractivity contribution in [1.29, 1.82) is 0 Å². The van der Waals surface area contributed by atoms with Crippen LogP contribution >= 0.6 is 0 Å². The Morgan fingerprint density at radius 3 is 2.00 bits per heavy atom. The van der Waals surface area contributed by atoms with E-state index in [9.17, 15) is 0 Å². The van der Waals surface area contributed by atoms with E-state index in [1.54, 1.807) is 0 Å². The fourth-order valence-electron chi connectivity index (χ4n) is 2.15. The number of hydrogen-bond acceptors (Lipinski definition) is 2. The molecule has 2 heteroatoms.